The predicted octanol–water partition coefficient (Wildman–Crippen LogP) is 7.13. The maximum atomic E-state index is 16.0. The van der Waals surface area contributed by atoms with Crippen molar-refractivity contribution in [1.82, 2.24) is 14.9 Å². The van der Waals surface area contributed by atoms with Crippen LogP contribution in [0.2, 0.25) is 5.02 Å². The monoisotopic (exact) mass is 699 g/mol. The van der Waals surface area contributed by atoms with Gasteiger partial charge in [0.05, 0.1) is 27.8 Å². The fourth-order valence-corrected chi connectivity index (χ4v) is 7.86. The van der Waals surface area contributed by atoms with E-state index in [0.717, 1.165) is 12.1 Å². The van der Waals surface area contributed by atoms with Gasteiger partial charge in [-0.2, -0.15) is 0 Å². The standard InChI is InChI=1S/C34H36ClF2N5O5S/c1-18-13-27-19(17-38-32(40-27)39-21-9-11-42(12-10-21)33(44)47-34(2,3)4)14-23(18)30-25(36)6-7-26(31(30)37)41-48(45,46)29-16-20(35)15-24-22(29)5-8-28(24)43/h6-7,13-17,21,28,41,43H,5,8-12H2,1-4H3,(H,38,39,40)/t28-/m1/s1. The zero-order valence-electron chi connectivity index (χ0n) is 26.9. The Bertz CT molecular complexity index is 2030. The quantitative estimate of drug-likeness (QED) is 0.194. The fraction of sp³-hybridized carbons (Fsp3) is 0.382. The first kappa shape index (κ1) is 33.8. The average Bonchev–Trinajstić information content (AvgIpc) is 3.37. The van der Waals surface area contributed by atoms with Crippen LogP contribution in [-0.4, -0.2) is 59.2 Å². The number of nitrogens with one attached hydrogen (secondary N) is 2. The van der Waals surface area contributed by atoms with Crippen LogP contribution in [0, 0.1) is 18.6 Å². The van der Waals surface area contributed by atoms with Crippen LogP contribution >= 0.6 is 11.6 Å². The first-order valence-corrected chi connectivity index (χ1v) is 17.5. The second-order valence-electron chi connectivity index (χ2n) is 13.2. The number of anilines is 2. The molecular formula is C34H36ClF2N5O5S. The first-order chi connectivity index (χ1) is 22.6. The van der Waals surface area contributed by atoms with Crippen LogP contribution in [0.25, 0.3) is 22.0 Å². The van der Waals surface area contributed by atoms with Crippen molar-refractivity contribution in [3.05, 3.63) is 75.9 Å². The van der Waals surface area contributed by atoms with Gasteiger partial charge < -0.3 is 20.1 Å². The lowest BCUT2D eigenvalue weighted by Gasteiger charge is -2.33. The summed E-state index contributed by atoms with van der Waals surface area (Å²) in [6.07, 6.45) is 2.37. The highest BCUT2D eigenvalue weighted by atomic mass is 35.5. The van der Waals surface area contributed by atoms with Gasteiger partial charge in [0.2, 0.25) is 5.95 Å². The van der Waals surface area contributed by atoms with Gasteiger partial charge in [-0.05, 0) is 112 Å². The lowest BCUT2D eigenvalue weighted by Crippen LogP contribution is -2.44. The molecule has 48 heavy (non-hydrogen) atoms. The second-order valence-corrected chi connectivity index (χ2v) is 15.3. The van der Waals surface area contributed by atoms with Crippen molar-refractivity contribution in [1.29, 1.82) is 0 Å². The number of sulfonamides is 1. The molecule has 254 valence electrons. The number of carbonyl (C=O) groups excluding carboxylic acids is 1. The van der Waals surface area contributed by atoms with Gasteiger partial charge in [0.25, 0.3) is 10.0 Å². The van der Waals surface area contributed by atoms with E-state index in [1.165, 1.54) is 12.1 Å². The van der Waals surface area contributed by atoms with Crippen LogP contribution in [0.3, 0.4) is 0 Å². The predicted molar refractivity (Wildman–Crippen MR) is 180 cm³/mol. The number of aliphatic hydroxyl groups excluding tert-OH is 1. The molecule has 1 saturated heterocycles. The Morgan fingerprint density at radius 3 is 2.54 bits per heavy atom. The number of rotatable bonds is 6. The third-order valence-corrected chi connectivity index (χ3v) is 10.2. The van der Waals surface area contributed by atoms with Crippen LogP contribution < -0.4 is 10.0 Å². The van der Waals surface area contributed by atoms with E-state index in [1.807, 2.05) is 20.8 Å². The molecule has 14 heteroatoms. The Kier molecular flexibility index (Phi) is 8.98. The van der Waals surface area contributed by atoms with Gasteiger partial charge >= 0.3 is 6.09 Å². The lowest BCUT2D eigenvalue weighted by molar-refractivity contribution is 0.0210. The number of aromatic nitrogens is 2. The third kappa shape index (κ3) is 6.90. The lowest BCUT2D eigenvalue weighted by atomic mass is 9.97. The van der Waals surface area contributed by atoms with Crippen LogP contribution in [0.1, 0.15) is 62.8 Å². The number of ether oxygens (including phenoxy) is 1. The van der Waals surface area contributed by atoms with E-state index < -0.39 is 44.6 Å². The SMILES string of the molecule is Cc1cc2nc(NC3CCN(C(=O)OC(C)(C)C)CC3)ncc2cc1-c1c(F)ccc(NS(=O)(=O)c2cc(Cl)cc3c2CC[C@H]3O)c1F. The van der Waals surface area contributed by atoms with Gasteiger partial charge in [0, 0.05) is 35.7 Å². The molecule has 0 unspecified atom stereocenters. The Balaban J connectivity index is 1.22. The maximum Gasteiger partial charge on any atom is 0.410 e. The maximum absolute atomic E-state index is 16.0. The molecule has 0 radical (unpaired) electrons. The highest BCUT2D eigenvalue weighted by Crippen LogP contribution is 2.39. The Morgan fingerprint density at radius 1 is 1.10 bits per heavy atom. The van der Waals surface area contributed by atoms with Crippen molar-refractivity contribution in [3.8, 4) is 11.1 Å². The van der Waals surface area contributed by atoms with Gasteiger partial charge in [0.15, 0.2) is 5.82 Å². The number of hydrogen-bond acceptors (Lipinski definition) is 8. The average molecular weight is 700 g/mol. The van der Waals surface area contributed by atoms with Gasteiger partial charge in [-0.3, -0.25) is 4.72 Å². The summed E-state index contributed by atoms with van der Waals surface area (Å²) < 4.78 is 66.0. The summed E-state index contributed by atoms with van der Waals surface area (Å²) in [6.45, 7) is 8.23. The molecule has 3 aromatic carbocycles. The molecule has 2 heterocycles. The molecular weight excluding hydrogens is 664 g/mol. The van der Waals surface area contributed by atoms with Crippen LogP contribution in [0.5, 0.6) is 0 Å². The van der Waals surface area contributed by atoms with E-state index in [2.05, 4.69) is 20.0 Å². The molecule has 6 rings (SSSR count). The number of aryl methyl sites for hydroxylation is 1. The summed E-state index contributed by atoms with van der Waals surface area (Å²) in [4.78, 5) is 23.0. The zero-order chi connectivity index (χ0) is 34.5. The minimum absolute atomic E-state index is 0.0363. The molecule has 1 aliphatic heterocycles. The molecule has 2 aliphatic rings. The van der Waals surface area contributed by atoms with Crippen molar-refractivity contribution < 1.29 is 31.8 Å². The minimum Gasteiger partial charge on any atom is -0.444 e. The number of benzene rings is 3. The molecule has 4 aromatic rings. The number of likely N-dealkylation sites (tertiary alicyclic amines) is 1. The van der Waals surface area contributed by atoms with Crippen LogP contribution in [0.4, 0.5) is 25.2 Å². The van der Waals surface area contributed by atoms with E-state index >= 15 is 8.78 Å². The molecule has 1 aromatic heterocycles. The van der Waals surface area contributed by atoms with E-state index in [4.69, 9.17) is 16.3 Å². The van der Waals surface area contributed by atoms with Gasteiger partial charge in [-0.1, -0.05) is 11.6 Å². The molecule has 1 amide bonds. The summed E-state index contributed by atoms with van der Waals surface area (Å²) >= 11 is 6.16. The number of halogens is 3. The molecule has 1 fully saturated rings. The number of amides is 1. The number of aliphatic hydroxyl groups is 1. The number of fused-ring (bicyclic) bond motifs is 2. The number of carbonyl (C=O) groups is 1. The summed E-state index contributed by atoms with van der Waals surface area (Å²) in [7, 11) is -4.36. The highest BCUT2D eigenvalue weighted by Gasteiger charge is 2.31. The number of hydrogen-bond donors (Lipinski definition) is 3. The minimum atomic E-state index is -4.36. The van der Waals surface area contributed by atoms with Crippen LogP contribution in [-0.2, 0) is 21.2 Å². The Morgan fingerprint density at radius 2 is 1.83 bits per heavy atom. The van der Waals surface area contributed by atoms with E-state index in [9.17, 15) is 18.3 Å². The number of nitrogens with zero attached hydrogens (tertiary/aromatic N) is 3. The smallest absolute Gasteiger partial charge is 0.410 e. The molecule has 1 atom stereocenters. The molecule has 0 saturated carbocycles. The van der Waals surface area contributed by atoms with Crippen molar-refractivity contribution in [2.75, 3.05) is 23.1 Å². The van der Waals surface area contributed by atoms with Gasteiger partial charge in [-0.15, -0.1) is 0 Å². The second kappa shape index (κ2) is 12.8. The summed E-state index contributed by atoms with van der Waals surface area (Å²) in [5.74, 6) is -1.57. The van der Waals surface area contributed by atoms with Crippen molar-refractivity contribution in [2.45, 2.75) is 76.0 Å². The Hall–Kier alpha value is -4.07. The van der Waals surface area contributed by atoms with Crippen molar-refractivity contribution in [3.63, 3.8) is 0 Å². The van der Waals surface area contributed by atoms with E-state index in [0.29, 0.717) is 72.3 Å². The molecule has 0 spiro atoms. The molecule has 3 N–H and O–H groups in total. The highest BCUT2D eigenvalue weighted by molar-refractivity contribution is 7.92. The number of piperidine rings is 1. The zero-order valence-corrected chi connectivity index (χ0v) is 28.5. The van der Waals surface area contributed by atoms with Crippen molar-refractivity contribution >= 4 is 50.3 Å². The normalized spacial score (nSPS) is 17.0. The summed E-state index contributed by atoms with van der Waals surface area (Å²) in [5, 5.41) is 14.2. The third-order valence-electron chi connectivity index (χ3n) is 8.54. The molecule has 10 nitrogen and oxygen atoms in total. The van der Waals surface area contributed by atoms with Gasteiger partial charge in [0.1, 0.15) is 11.4 Å². The van der Waals surface area contributed by atoms with E-state index in [-0.39, 0.29) is 27.6 Å². The van der Waals surface area contributed by atoms with Gasteiger partial charge in [-0.25, -0.2) is 32.0 Å². The molecule has 1 aliphatic carbocycles. The molecule has 0 bridgehead atoms. The summed E-state index contributed by atoms with van der Waals surface area (Å²) in [6, 6.07) is 8.11. The van der Waals surface area contributed by atoms with Crippen LogP contribution in [0.15, 0.2) is 47.5 Å². The first-order valence-electron chi connectivity index (χ1n) is 15.6. The van der Waals surface area contributed by atoms with E-state index in [1.54, 1.807) is 30.2 Å². The van der Waals surface area contributed by atoms with Crippen molar-refractivity contribution in [2.24, 2.45) is 0 Å². The topological polar surface area (TPSA) is 134 Å². The fourth-order valence-electron chi connectivity index (χ4n) is 6.19. The Labute approximate surface area is 282 Å². The summed E-state index contributed by atoms with van der Waals surface area (Å²) in [5.41, 5.74) is 0.694. The largest absolute Gasteiger partial charge is 0.444 e.